The third kappa shape index (κ3) is 2.77. The number of hydrogen-bond donors (Lipinski definition) is 1. The molecule has 19 heavy (non-hydrogen) atoms. The molecule has 1 aromatic heterocycles. The second-order valence-corrected chi connectivity index (χ2v) is 6.70. The molecule has 0 radical (unpaired) electrons. The van der Waals surface area contributed by atoms with Crippen LogP contribution in [-0.2, 0) is 23.0 Å². The zero-order chi connectivity index (χ0) is 14.2. The van der Waals surface area contributed by atoms with Crippen LogP contribution >= 0.6 is 0 Å². The highest BCUT2D eigenvalue weighted by Crippen LogP contribution is 2.37. The Bertz CT molecular complexity index is 565. The van der Waals surface area contributed by atoms with Gasteiger partial charge in [0.2, 0.25) is 0 Å². The summed E-state index contributed by atoms with van der Waals surface area (Å²) < 4.78 is 21.7. The highest BCUT2D eigenvalue weighted by molar-refractivity contribution is 7.79. The number of hydrogen-bond acceptors (Lipinski definition) is 2. The van der Waals surface area contributed by atoms with Crippen molar-refractivity contribution in [2.45, 2.75) is 46.1 Å². The standard InChI is InChI=1S/C14H20N2O2S/c1-10-8-12-13(15-11(2)14(12,3)4)16(9-10)6-5-7-19(17)18/h8-9H,5-7H2,1-4H3/p+1. The zero-order valence-electron chi connectivity index (χ0n) is 11.9. The molecule has 104 valence electrons. The van der Waals surface area contributed by atoms with E-state index in [0.29, 0.717) is 12.2 Å². The van der Waals surface area contributed by atoms with Crippen LogP contribution in [0.25, 0.3) is 0 Å². The fourth-order valence-electron chi connectivity index (χ4n) is 2.40. The van der Waals surface area contributed by atoms with Crippen LogP contribution in [0.15, 0.2) is 17.3 Å². The van der Waals surface area contributed by atoms with E-state index in [-0.39, 0.29) is 5.41 Å². The largest absolute Gasteiger partial charge is 0.327 e. The van der Waals surface area contributed by atoms with Gasteiger partial charge >= 0.3 is 5.82 Å². The molecular weight excluding hydrogens is 260 g/mol. The molecule has 1 atom stereocenters. The molecule has 0 bridgehead atoms. The van der Waals surface area contributed by atoms with Gasteiger partial charge < -0.3 is 4.55 Å². The van der Waals surface area contributed by atoms with Crippen molar-refractivity contribution in [2.24, 2.45) is 4.99 Å². The minimum atomic E-state index is -1.71. The normalized spacial score (nSPS) is 18.1. The summed E-state index contributed by atoms with van der Waals surface area (Å²) in [4.78, 5) is 4.68. The average Bonchev–Trinajstić information content (AvgIpc) is 2.51. The van der Waals surface area contributed by atoms with Crippen molar-refractivity contribution < 1.29 is 13.3 Å². The molecule has 1 aromatic rings. The van der Waals surface area contributed by atoms with E-state index in [1.54, 1.807) is 0 Å². The lowest BCUT2D eigenvalue weighted by Crippen LogP contribution is -2.36. The van der Waals surface area contributed by atoms with Gasteiger partial charge in [0.05, 0.1) is 29.5 Å². The summed E-state index contributed by atoms with van der Waals surface area (Å²) >= 11 is -1.71. The summed E-state index contributed by atoms with van der Waals surface area (Å²) in [6.45, 7) is 9.23. The molecule has 0 spiro atoms. The van der Waals surface area contributed by atoms with Crippen molar-refractivity contribution in [3.8, 4) is 0 Å². The van der Waals surface area contributed by atoms with Gasteiger partial charge in [0.1, 0.15) is 5.71 Å². The maximum absolute atomic E-state index is 10.7. The predicted molar refractivity (Wildman–Crippen MR) is 77.4 cm³/mol. The molecule has 4 nitrogen and oxygen atoms in total. The number of fused-ring (bicyclic) bond motifs is 1. The van der Waals surface area contributed by atoms with E-state index in [4.69, 9.17) is 4.55 Å². The first-order valence-electron chi connectivity index (χ1n) is 6.50. The second-order valence-electron chi connectivity index (χ2n) is 5.65. The number of pyridine rings is 1. The third-order valence-corrected chi connectivity index (χ3v) is 4.45. The van der Waals surface area contributed by atoms with E-state index in [1.807, 2.05) is 0 Å². The molecule has 0 fully saturated rings. The summed E-state index contributed by atoms with van der Waals surface area (Å²) in [5.41, 5.74) is 3.53. The van der Waals surface area contributed by atoms with Crippen molar-refractivity contribution in [3.05, 3.63) is 23.4 Å². The van der Waals surface area contributed by atoms with E-state index in [1.165, 1.54) is 11.1 Å². The predicted octanol–water partition coefficient (Wildman–Crippen LogP) is 2.28. The fraction of sp³-hybridized carbons (Fsp3) is 0.571. The molecule has 0 aliphatic carbocycles. The minimum Gasteiger partial charge on any atom is -0.306 e. The van der Waals surface area contributed by atoms with Crippen molar-refractivity contribution in [1.29, 1.82) is 0 Å². The lowest BCUT2D eigenvalue weighted by atomic mass is 9.82. The Morgan fingerprint density at radius 1 is 1.42 bits per heavy atom. The molecule has 1 unspecified atom stereocenters. The lowest BCUT2D eigenvalue weighted by molar-refractivity contribution is -0.684. The van der Waals surface area contributed by atoms with Crippen LogP contribution in [0.2, 0.25) is 0 Å². The molecule has 0 amide bonds. The summed E-state index contributed by atoms with van der Waals surface area (Å²) in [5, 5.41) is 0. The monoisotopic (exact) mass is 281 g/mol. The van der Waals surface area contributed by atoms with Crippen molar-refractivity contribution >= 4 is 22.6 Å². The maximum atomic E-state index is 10.7. The van der Waals surface area contributed by atoms with Gasteiger partial charge in [-0.3, -0.25) is 0 Å². The van der Waals surface area contributed by atoms with Gasteiger partial charge in [-0.15, -0.1) is 0 Å². The Morgan fingerprint density at radius 3 is 2.74 bits per heavy atom. The number of rotatable bonds is 4. The zero-order valence-corrected chi connectivity index (χ0v) is 12.8. The fourth-order valence-corrected chi connectivity index (χ4v) is 2.77. The summed E-state index contributed by atoms with van der Waals surface area (Å²) in [5.74, 6) is 1.30. The van der Waals surface area contributed by atoms with E-state index in [9.17, 15) is 4.21 Å². The minimum absolute atomic E-state index is 0.0249. The van der Waals surface area contributed by atoms with Gasteiger partial charge in [-0.25, -0.2) is 8.78 Å². The molecule has 1 N–H and O–H groups in total. The summed E-state index contributed by atoms with van der Waals surface area (Å²) in [7, 11) is 0. The van der Waals surface area contributed by atoms with Crippen LogP contribution in [0.3, 0.4) is 0 Å². The summed E-state index contributed by atoms with van der Waals surface area (Å²) in [6.07, 6.45) is 2.75. The van der Waals surface area contributed by atoms with E-state index >= 15 is 0 Å². The third-order valence-electron chi connectivity index (χ3n) is 3.81. The van der Waals surface area contributed by atoms with Crippen LogP contribution in [0.5, 0.6) is 0 Å². The molecule has 0 aromatic carbocycles. The molecule has 5 heteroatoms. The Balaban J connectivity index is 2.34. The first-order chi connectivity index (χ1) is 8.82. The van der Waals surface area contributed by atoms with Crippen LogP contribution in [0.1, 0.15) is 38.3 Å². The molecule has 0 saturated carbocycles. The van der Waals surface area contributed by atoms with Gasteiger partial charge in [0, 0.05) is 0 Å². The Morgan fingerprint density at radius 2 is 2.11 bits per heavy atom. The Labute approximate surface area is 116 Å². The van der Waals surface area contributed by atoms with Crippen LogP contribution in [-0.4, -0.2) is 20.2 Å². The van der Waals surface area contributed by atoms with Crippen LogP contribution in [0.4, 0.5) is 5.82 Å². The molecule has 1 aliphatic rings. The second kappa shape index (κ2) is 5.13. The van der Waals surface area contributed by atoms with E-state index in [0.717, 1.165) is 18.1 Å². The van der Waals surface area contributed by atoms with Crippen LogP contribution in [0, 0.1) is 6.92 Å². The number of aliphatic imine (C=N–C) groups is 1. The number of aromatic nitrogens is 1. The number of aryl methyl sites for hydroxylation is 2. The average molecular weight is 281 g/mol. The van der Waals surface area contributed by atoms with Crippen LogP contribution < -0.4 is 4.57 Å². The number of nitrogens with zero attached hydrogens (tertiary/aromatic N) is 2. The van der Waals surface area contributed by atoms with E-state index in [2.05, 4.69) is 49.5 Å². The molecule has 2 heterocycles. The SMILES string of the molecule is CC1=Nc2c(cc(C)c[n+]2CCCS(=O)O)C1(C)C. The van der Waals surface area contributed by atoms with Gasteiger partial charge in [0.15, 0.2) is 11.1 Å². The topological polar surface area (TPSA) is 53.5 Å². The first kappa shape index (κ1) is 14.3. The van der Waals surface area contributed by atoms with Crippen molar-refractivity contribution in [2.75, 3.05) is 5.75 Å². The van der Waals surface area contributed by atoms with Gasteiger partial charge in [-0.05, 0) is 50.7 Å². The van der Waals surface area contributed by atoms with E-state index < -0.39 is 11.1 Å². The molecule has 1 aliphatic heterocycles. The summed E-state index contributed by atoms with van der Waals surface area (Å²) in [6, 6.07) is 2.19. The van der Waals surface area contributed by atoms with Gasteiger partial charge in [-0.1, -0.05) is 0 Å². The molecular formula is C14H21N2O2S+. The first-order valence-corrected chi connectivity index (χ1v) is 7.78. The van der Waals surface area contributed by atoms with Crippen molar-refractivity contribution in [1.82, 2.24) is 0 Å². The Kier molecular flexibility index (Phi) is 3.87. The highest BCUT2D eigenvalue weighted by Gasteiger charge is 2.40. The van der Waals surface area contributed by atoms with Gasteiger partial charge in [-0.2, -0.15) is 0 Å². The Hall–Kier alpha value is -1.07. The lowest BCUT2D eigenvalue weighted by Gasteiger charge is -2.16. The molecule has 2 rings (SSSR count). The maximum Gasteiger partial charge on any atom is 0.327 e. The van der Waals surface area contributed by atoms with Crippen molar-refractivity contribution in [3.63, 3.8) is 0 Å². The molecule has 0 saturated heterocycles. The smallest absolute Gasteiger partial charge is 0.306 e. The van der Waals surface area contributed by atoms with Gasteiger partial charge in [0.25, 0.3) is 0 Å². The quantitative estimate of drug-likeness (QED) is 0.680. The highest BCUT2D eigenvalue weighted by atomic mass is 32.2.